The summed E-state index contributed by atoms with van der Waals surface area (Å²) in [6.45, 7) is 2.11. The number of fused-ring (bicyclic) bond motifs is 4. The lowest BCUT2D eigenvalue weighted by Crippen LogP contribution is -1.93. The van der Waals surface area contributed by atoms with E-state index in [1.165, 1.54) is 10.9 Å². The number of aromatic amines is 1. The van der Waals surface area contributed by atoms with Gasteiger partial charge in [0.05, 0.1) is 22.3 Å². The molecule has 25 heavy (non-hydrogen) atoms. The zero-order valence-electron chi connectivity index (χ0n) is 13.6. The summed E-state index contributed by atoms with van der Waals surface area (Å²) >= 11 is 1.64. The summed E-state index contributed by atoms with van der Waals surface area (Å²) in [5.41, 5.74) is 5.28. The molecule has 122 valence electrons. The first-order valence-corrected chi connectivity index (χ1v) is 9.08. The maximum Gasteiger partial charge on any atom is 0.196 e. The van der Waals surface area contributed by atoms with Crippen molar-refractivity contribution < 1.29 is 0 Å². The fourth-order valence-corrected chi connectivity index (χ4v) is 4.00. The largest absolute Gasteiger partial charge is 0.341 e. The fourth-order valence-electron chi connectivity index (χ4n) is 3.18. The van der Waals surface area contributed by atoms with Crippen molar-refractivity contribution in [3.05, 3.63) is 66.0 Å². The summed E-state index contributed by atoms with van der Waals surface area (Å²) in [7, 11) is 0. The van der Waals surface area contributed by atoms with Crippen LogP contribution in [0.1, 0.15) is 11.4 Å². The van der Waals surface area contributed by atoms with Gasteiger partial charge in [0.15, 0.2) is 10.8 Å². The molecule has 0 atom stereocenters. The van der Waals surface area contributed by atoms with E-state index >= 15 is 0 Å². The van der Waals surface area contributed by atoms with Gasteiger partial charge in [0.2, 0.25) is 0 Å². The lowest BCUT2D eigenvalue weighted by atomic mass is 10.1. The van der Waals surface area contributed by atoms with E-state index in [-0.39, 0.29) is 0 Å². The number of thioether (sulfide) groups is 1. The molecule has 0 aliphatic rings. The third-order valence-electron chi connectivity index (χ3n) is 4.35. The maximum absolute atomic E-state index is 4.63. The average Bonchev–Trinajstić information content (AvgIpc) is 3.23. The molecule has 0 fully saturated rings. The normalized spacial score (nSPS) is 11.7. The van der Waals surface area contributed by atoms with E-state index in [9.17, 15) is 0 Å². The second kappa shape index (κ2) is 5.60. The minimum Gasteiger partial charge on any atom is -0.341 e. The van der Waals surface area contributed by atoms with Crippen LogP contribution in [-0.4, -0.2) is 24.6 Å². The van der Waals surface area contributed by atoms with Crippen LogP contribution in [-0.2, 0) is 5.75 Å². The Morgan fingerprint density at radius 1 is 1.04 bits per heavy atom. The first-order chi connectivity index (χ1) is 12.3. The van der Waals surface area contributed by atoms with Gasteiger partial charge in [0.1, 0.15) is 5.82 Å². The predicted octanol–water partition coefficient (Wildman–Crippen LogP) is 4.36. The maximum atomic E-state index is 4.63. The molecule has 3 aromatic heterocycles. The van der Waals surface area contributed by atoms with E-state index in [1.807, 2.05) is 24.3 Å². The van der Waals surface area contributed by atoms with Crippen molar-refractivity contribution in [3.63, 3.8) is 0 Å². The summed E-state index contributed by atoms with van der Waals surface area (Å²) in [6, 6.07) is 18.5. The van der Waals surface area contributed by atoms with Crippen molar-refractivity contribution in [2.24, 2.45) is 0 Å². The Balaban J connectivity index is 1.55. The van der Waals surface area contributed by atoms with Gasteiger partial charge in [-0.25, -0.2) is 4.98 Å². The highest BCUT2D eigenvalue weighted by Crippen LogP contribution is 2.27. The third kappa shape index (κ3) is 2.37. The van der Waals surface area contributed by atoms with E-state index in [1.54, 1.807) is 11.8 Å². The zero-order chi connectivity index (χ0) is 16.8. The van der Waals surface area contributed by atoms with Crippen LogP contribution in [0, 0.1) is 6.92 Å². The summed E-state index contributed by atoms with van der Waals surface area (Å²) in [5.74, 6) is 1.66. The van der Waals surface area contributed by atoms with Gasteiger partial charge in [0, 0.05) is 5.39 Å². The summed E-state index contributed by atoms with van der Waals surface area (Å²) in [6.07, 6.45) is 0. The van der Waals surface area contributed by atoms with Crippen molar-refractivity contribution in [1.29, 1.82) is 0 Å². The molecule has 6 heteroatoms. The minimum absolute atomic E-state index is 0.720. The minimum atomic E-state index is 0.720. The Kier molecular flexibility index (Phi) is 3.24. The molecule has 0 bridgehead atoms. The van der Waals surface area contributed by atoms with Crippen molar-refractivity contribution >= 4 is 39.3 Å². The van der Waals surface area contributed by atoms with E-state index in [4.69, 9.17) is 0 Å². The molecular formula is C19H15N5S. The first-order valence-electron chi connectivity index (χ1n) is 8.09. The van der Waals surface area contributed by atoms with Gasteiger partial charge < -0.3 is 4.98 Å². The number of para-hydroxylation sites is 3. The monoisotopic (exact) mass is 345 g/mol. The molecule has 0 unspecified atom stereocenters. The van der Waals surface area contributed by atoms with Crippen molar-refractivity contribution in [3.8, 4) is 0 Å². The number of aromatic nitrogens is 5. The molecule has 0 saturated heterocycles. The molecule has 3 heterocycles. The topological polar surface area (TPSA) is 58.9 Å². The molecule has 0 amide bonds. The SMILES string of the molecule is Cc1cc2nnc(SCc3nc4ccccc4[nH]3)n2c2ccccc12. The molecule has 1 N–H and O–H groups in total. The summed E-state index contributed by atoms with van der Waals surface area (Å²) < 4.78 is 2.12. The number of rotatable bonds is 3. The second-order valence-electron chi connectivity index (χ2n) is 6.01. The molecule has 5 nitrogen and oxygen atoms in total. The highest BCUT2D eigenvalue weighted by molar-refractivity contribution is 7.98. The van der Waals surface area contributed by atoms with Crippen LogP contribution in [0.2, 0.25) is 0 Å². The number of nitrogens with one attached hydrogen (secondary N) is 1. The van der Waals surface area contributed by atoms with Crippen molar-refractivity contribution in [1.82, 2.24) is 24.6 Å². The standard InChI is InChI=1S/C19H15N5S/c1-12-10-18-22-23-19(24(18)16-9-5-2-6-13(12)16)25-11-17-20-14-7-3-4-8-15(14)21-17/h2-10H,11H2,1H3,(H,20,21). The second-order valence-corrected chi connectivity index (χ2v) is 6.95. The molecule has 0 saturated carbocycles. The van der Waals surface area contributed by atoms with E-state index in [2.05, 4.69) is 61.8 Å². The van der Waals surface area contributed by atoms with Gasteiger partial charge >= 0.3 is 0 Å². The van der Waals surface area contributed by atoms with Crippen LogP contribution >= 0.6 is 11.8 Å². The summed E-state index contributed by atoms with van der Waals surface area (Å²) in [5, 5.41) is 10.8. The Morgan fingerprint density at radius 2 is 1.88 bits per heavy atom. The van der Waals surface area contributed by atoms with Crippen LogP contribution in [0.15, 0.2) is 59.8 Å². The number of pyridine rings is 1. The number of hydrogen-bond acceptors (Lipinski definition) is 4. The molecule has 0 aliphatic carbocycles. The van der Waals surface area contributed by atoms with E-state index in [0.717, 1.165) is 38.9 Å². The summed E-state index contributed by atoms with van der Waals surface area (Å²) in [4.78, 5) is 8.00. The first kappa shape index (κ1) is 14.5. The smallest absolute Gasteiger partial charge is 0.196 e. The Bertz CT molecular complexity index is 1190. The number of hydrogen-bond donors (Lipinski definition) is 1. The number of imidazole rings is 1. The molecule has 0 spiro atoms. The Morgan fingerprint density at radius 3 is 2.80 bits per heavy atom. The lowest BCUT2D eigenvalue weighted by Gasteiger charge is -2.06. The van der Waals surface area contributed by atoms with Gasteiger partial charge in [-0.1, -0.05) is 42.1 Å². The van der Waals surface area contributed by atoms with E-state index < -0.39 is 0 Å². The van der Waals surface area contributed by atoms with E-state index in [0.29, 0.717) is 0 Å². The van der Waals surface area contributed by atoms with Crippen LogP contribution in [0.25, 0.3) is 27.6 Å². The quantitative estimate of drug-likeness (QED) is 0.494. The number of aryl methyl sites for hydroxylation is 1. The highest BCUT2D eigenvalue weighted by Gasteiger charge is 2.12. The van der Waals surface area contributed by atoms with Gasteiger partial charge in [-0.05, 0) is 36.8 Å². The lowest BCUT2D eigenvalue weighted by molar-refractivity contribution is 0.937. The van der Waals surface area contributed by atoms with Crippen molar-refractivity contribution in [2.45, 2.75) is 17.8 Å². The zero-order valence-corrected chi connectivity index (χ0v) is 14.4. The van der Waals surface area contributed by atoms with Crippen molar-refractivity contribution in [2.75, 3.05) is 0 Å². The van der Waals surface area contributed by atoms with Gasteiger partial charge in [-0.15, -0.1) is 10.2 Å². The molecular weight excluding hydrogens is 330 g/mol. The Labute approximate surface area is 148 Å². The van der Waals surface area contributed by atoms with Crippen LogP contribution in [0.3, 0.4) is 0 Å². The highest BCUT2D eigenvalue weighted by atomic mass is 32.2. The average molecular weight is 345 g/mol. The Hall–Kier alpha value is -2.86. The molecule has 5 rings (SSSR count). The van der Waals surface area contributed by atoms with Gasteiger partial charge in [0.25, 0.3) is 0 Å². The van der Waals surface area contributed by atoms with Crippen LogP contribution < -0.4 is 0 Å². The fraction of sp³-hybridized carbons (Fsp3) is 0.105. The predicted molar refractivity (Wildman–Crippen MR) is 101 cm³/mol. The van der Waals surface area contributed by atoms with Crippen LogP contribution in [0.4, 0.5) is 0 Å². The van der Waals surface area contributed by atoms with Gasteiger partial charge in [-0.2, -0.15) is 0 Å². The molecule has 2 aromatic carbocycles. The number of nitrogens with zero attached hydrogens (tertiary/aromatic N) is 4. The molecule has 5 aromatic rings. The number of H-pyrrole nitrogens is 1. The molecule has 0 radical (unpaired) electrons. The molecule has 0 aliphatic heterocycles. The number of benzene rings is 2. The van der Waals surface area contributed by atoms with Crippen LogP contribution in [0.5, 0.6) is 0 Å². The van der Waals surface area contributed by atoms with Gasteiger partial charge in [-0.3, -0.25) is 4.40 Å². The third-order valence-corrected chi connectivity index (χ3v) is 5.29.